The summed E-state index contributed by atoms with van der Waals surface area (Å²) in [5, 5.41) is 3.75. The van der Waals surface area contributed by atoms with Gasteiger partial charge in [-0.1, -0.05) is 37.8 Å². The zero-order valence-electron chi connectivity index (χ0n) is 13.3. The van der Waals surface area contributed by atoms with Crippen LogP contribution in [0.4, 0.5) is 0 Å². The summed E-state index contributed by atoms with van der Waals surface area (Å²) in [6.45, 7) is 1.19. The van der Waals surface area contributed by atoms with Crippen molar-refractivity contribution in [3.8, 4) is 5.75 Å². The molecule has 0 aromatic heterocycles. The number of hydrogen-bond donors (Lipinski definition) is 1. The molecular formula is C19H29NO. The van der Waals surface area contributed by atoms with Gasteiger partial charge in [0.1, 0.15) is 5.75 Å². The number of rotatable bonds is 8. The monoisotopic (exact) mass is 287 g/mol. The highest BCUT2D eigenvalue weighted by atomic mass is 16.5. The third-order valence-electron chi connectivity index (χ3n) is 5.07. The van der Waals surface area contributed by atoms with Gasteiger partial charge in [0.15, 0.2) is 0 Å². The molecule has 1 aromatic carbocycles. The summed E-state index contributed by atoms with van der Waals surface area (Å²) >= 11 is 0. The van der Waals surface area contributed by atoms with Gasteiger partial charge in [0, 0.05) is 6.04 Å². The van der Waals surface area contributed by atoms with Crippen LogP contribution < -0.4 is 10.1 Å². The van der Waals surface area contributed by atoms with Gasteiger partial charge in [-0.2, -0.15) is 0 Å². The lowest BCUT2D eigenvalue weighted by Crippen LogP contribution is -2.27. The summed E-state index contributed by atoms with van der Waals surface area (Å²) in [6.07, 6.45) is 11.2. The molecule has 2 saturated carbocycles. The Balaban J connectivity index is 1.58. The van der Waals surface area contributed by atoms with E-state index in [1.807, 2.05) is 6.07 Å². The predicted molar refractivity (Wildman–Crippen MR) is 87.8 cm³/mol. The number of benzene rings is 1. The van der Waals surface area contributed by atoms with Crippen molar-refractivity contribution < 1.29 is 4.74 Å². The van der Waals surface area contributed by atoms with Gasteiger partial charge >= 0.3 is 0 Å². The van der Waals surface area contributed by atoms with Crippen LogP contribution in [0.15, 0.2) is 24.3 Å². The molecule has 0 radical (unpaired) electrons. The maximum absolute atomic E-state index is 5.36. The van der Waals surface area contributed by atoms with Gasteiger partial charge in [0.05, 0.1) is 7.11 Å². The first kappa shape index (κ1) is 14.9. The first-order chi connectivity index (χ1) is 10.3. The highest BCUT2D eigenvalue weighted by Crippen LogP contribution is 2.32. The lowest BCUT2D eigenvalue weighted by atomic mass is 9.88. The third-order valence-corrected chi connectivity index (χ3v) is 5.07. The predicted octanol–water partition coefficient (Wildman–Crippen LogP) is 4.19. The van der Waals surface area contributed by atoms with Crippen molar-refractivity contribution in [2.24, 2.45) is 11.8 Å². The minimum atomic E-state index is 0.779. The molecule has 0 amide bonds. The average Bonchev–Trinajstić information content (AvgIpc) is 3.21. The fourth-order valence-electron chi connectivity index (χ4n) is 3.71. The summed E-state index contributed by atoms with van der Waals surface area (Å²) in [4.78, 5) is 0. The van der Waals surface area contributed by atoms with Crippen LogP contribution in [0.5, 0.6) is 5.75 Å². The number of ether oxygens (including phenoxy) is 1. The minimum Gasteiger partial charge on any atom is -0.497 e. The first-order valence-corrected chi connectivity index (χ1v) is 8.70. The van der Waals surface area contributed by atoms with E-state index in [0.717, 1.165) is 23.6 Å². The Labute approximate surface area is 129 Å². The van der Waals surface area contributed by atoms with E-state index in [4.69, 9.17) is 4.74 Å². The minimum absolute atomic E-state index is 0.779. The Bertz CT molecular complexity index is 435. The van der Waals surface area contributed by atoms with E-state index in [0.29, 0.717) is 0 Å². The topological polar surface area (TPSA) is 21.3 Å². The SMILES string of the molecule is COc1cccc(CC(CNC2CC2)CC2CCCC2)c1. The molecule has 1 N–H and O–H groups in total. The van der Waals surface area contributed by atoms with Gasteiger partial charge in [-0.05, 0) is 61.8 Å². The number of methoxy groups -OCH3 is 1. The molecule has 116 valence electrons. The lowest BCUT2D eigenvalue weighted by molar-refractivity contribution is 0.355. The Hall–Kier alpha value is -1.02. The third kappa shape index (κ3) is 4.74. The molecular weight excluding hydrogens is 258 g/mol. The molecule has 1 unspecified atom stereocenters. The molecule has 0 bridgehead atoms. The highest BCUT2D eigenvalue weighted by molar-refractivity contribution is 5.28. The summed E-state index contributed by atoms with van der Waals surface area (Å²) in [5.74, 6) is 2.74. The van der Waals surface area contributed by atoms with Crippen molar-refractivity contribution in [2.75, 3.05) is 13.7 Å². The molecule has 0 aliphatic heterocycles. The molecule has 0 saturated heterocycles. The van der Waals surface area contributed by atoms with E-state index < -0.39 is 0 Å². The van der Waals surface area contributed by atoms with Gasteiger partial charge in [-0.3, -0.25) is 0 Å². The van der Waals surface area contributed by atoms with Crippen LogP contribution >= 0.6 is 0 Å². The number of nitrogens with one attached hydrogen (secondary N) is 1. The van der Waals surface area contributed by atoms with Crippen molar-refractivity contribution in [2.45, 2.75) is 57.4 Å². The van der Waals surface area contributed by atoms with Crippen LogP contribution in [0.1, 0.15) is 50.5 Å². The van der Waals surface area contributed by atoms with Crippen molar-refractivity contribution in [1.29, 1.82) is 0 Å². The first-order valence-electron chi connectivity index (χ1n) is 8.70. The molecule has 21 heavy (non-hydrogen) atoms. The van der Waals surface area contributed by atoms with E-state index in [2.05, 4.69) is 23.5 Å². The van der Waals surface area contributed by atoms with E-state index in [9.17, 15) is 0 Å². The van der Waals surface area contributed by atoms with Crippen molar-refractivity contribution in [1.82, 2.24) is 5.32 Å². The normalized spacial score (nSPS) is 20.6. The average molecular weight is 287 g/mol. The van der Waals surface area contributed by atoms with Gasteiger partial charge in [-0.15, -0.1) is 0 Å². The van der Waals surface area contributed by atoms with Crippen LogP contribution in [0, 0.1) is 11.8 Å². The van der Waals surface area contributed by atoms with Crippen LogP contribution in [0.2, 0.25) is 0 Å². The van der Waals surface area contributed by atoms with Crippen LogP contribution in [0.25, 0.3) is 0 Å². The second kappa shape index (κ2) is 7.31. The highest BCUT2D eigenvalue weighted by Gasteiger charge is 2.24. The Morgan fingerprint density at radius 3 is 2.71 bits per heavy atom. The molecule has 2 nitrogen and oxygen atoms in total. The standard InChI is InChI=1S/C19H29NO/c1-21-19-8-4-7-16(13-19)12-17(14-20-18-9-10-18)11-15-5-2-3-6-15/h4,7-8,13,15,17-18,20H,2-3,5-6,9-12,14H2,1H3. The van der Waals surface area contributed by atoms with Crippen molar-refractivity contribution >= 4 is 0 Å². The summed E-state index contributed by atoms with van der Waals surface area (Å²) in [5.41, 5.74) is 1.43. The van der Waals surface area contributed by atoms with Gasteiger partial charge in [0.25, 0.3) is 0 Å². The Morgan fingerprint density at radius 2 is 2.00 bits per heavy atom. The van der Waals surface area contributed by atoms with Gasteiger partial charge in [0.2, 0.25) is 0 Å². The van der Waals surface area contributed by atoms with E-state index in [-0.39, 0.29) is 0 Å². The molecule has 0 heterocycles. The van der Waals surface area contributed by atoms with Gasteiger partial charge in [-0.25, -0.2) is 0 Å². The lowest BCUT2D eigenvalue weighted by Gasteiger charge is -2.21. The maximum Gasteiger partial charge on any atom is 0.119 e. The largest absolute Gasteiger partial charge is 0.497 e. The van der Waals surface area contributed by atoms with Crippen LogP contribution in [-0.4, -0.2) is 19.7 Å². The molecule has 2 heteroatoms. The Morgan fingerprint density at radius 1 is 1.19 bits per heavy atom. The zero-order valence-corrected chi connectivity index (χ0v) is 13.3. The second-order valence-electron chi connectivity index (χ2n) is 6.99. The summed E-state index contributed by atoms with van der Waals surface area (Å²) < 4.78 is 5.36. The molecule has 2 fully saturated rings. The van der Waals surface area contributed by atoms with E-state index in [1.165, 1.54) is 63.5 Å². The quantitative estimate of drug-likeness (QED) is 0.774. The fraction of sp³-hybridized carbons (Fsp3) is 0.684. The number of hydrogen-bond acceptors (Lipinski definition) is 2. The van der Waals surface area contributed by atoms with Crippen LogP contribution in [0.3, 0.4) is 0 Å². The fourth-order valence-corrected chi connectivity index (χ4v) is 3.71. The smallest absolute Gasteiger partial charge is 0.119 e. The molecule has 0 spiro atoms. The molecule has 2 aliphatic carbocycles. The molecule has 3 rings (SSSR count). The molecule has 2 aliphatic rings. The van der Waals surface area contributed by atoms with E-state index in [1.54, 1.807) is 7.11 Å². The van der Waals surface area contributed by atoms with Crippen LogP contribution in [-0.2, 0) is 6.42 Å². The summed E-state index contributed by atoms with van der Waals surface area (Å²) in [7, 11) is 1.75. The summed E-state index contributed by atoms with van der Waals surface area (Å²) in [6, 6.07) is 9.44. The van der Waals surface area contributed by atoms with Crippen molar-refractivity contribution in [3.05, 3.63) is 29.8 Å². The molecule has 1 aromatic rings. The zero-order chi connectivity index (χ0) is 14.5. The second-order valence-corrected chi connectivity index (χ2v) is 6.99. The van der Waals surface area contributed by atoms with Gasteiger partial charge < -0.3 is 10.1 Å². The van der Waals surface area contributed by atoms with Crippen molar-refractivity contribution in [3.63, 3.8) is 0 Å². The molecule has 1 atom stereocenters. The van der Waals surface area contributed by atoms with E-state index >= 15 is 0 Å². The Kier molecular flexibility index (Phi) is 5.18. The maximum atomic E-state index is 5.36.